The second kappa shape index (κ2) is 8.44. The maximum Gasteiger partial charge on any atom is 0.176 e. The van der Waals surface area contributed by atoms with Gasteiger partial charge in [0.15, 0.2) is 5.78 Å². The molecule has 1 aliphatic carbocycles. The van der Waals surface area contributed by atoms with Gasteiger partial charge in [-0.15, -0.1) is 0 Å². The Morgan fingerprint density at radius 1 is 1.00 bits per heavy atom. The van der Waals surface area contributed by atoms with Crippen LogP contribution < -0.4 is 0 Å². The summed E-state index contributed by atoms with van der Waals surface area (Å²) in [5, 5.41) is 0. The van der Waals surface area contributed by atoms with E-state index in [-0.39, 0.29) is 5.78 Å². The van der Waals surface area contributed by atoms with Crippen molar-refractivity contribution >= 4 is 5.78 Å². The van der Waals surface area contributed by atoms with Crippen molar-refractivity contribution in [2.75, 3.05) is 6.54 Å². The van der Waals surface area contributed by atoms with E-state index in [0.717, 1.165) is 12.1 Å². The number of ketones is 1. The van der Waals surface area contributed by atoms with E-state index < -0.39 is 0 Å². The van der Waals surface area contributed by atoms with Crippen molar-refractivity contribution in [3.05, 3.63) is 71.3 Å². The van der Waals surface area contributed by atoms with Crippen LogP contribution in [0, 0.1) is 0 Å². The van der Waals surface area contributed by atoms with E-state index in [1.54, 1.807) is 0 Å². The number of benzene rings is 2. The molecule has 0 unspecified atom stereocenters. The molecule has 0 saturated heterocycles. The van der Waals surface area contributed by atoms with E-state index in [1.165, 1.54) is 36.8 Å². The number of carbonyl (C=O) groups excluding carboxylic acids is 1. The lowest BCUT2D eigenvalue weighted by Gasteiger charge is -2.26. The Balaban J connectivity index is 1.64. The number of hydrogen-bond acceptors (Lipinski definition) is 2. The van der Waals surface area contributed by atoms with Gasteiger partial charge in [0, 0.05) is 18.2 Å². The molecule has 0 spiro atoms. The summed E-state index contributed by atoms with van der Waals surface area (Å²) in [5.41, 5.74) is 3.49. The molecule has 1 aliphatic rings. The van der Waals surface area contributed by atoms with Crippen molar-refractivity contribution in [1.29, 1.82) is 0 Å². The summed E-state index contributed by atoms with van der Waals surface area (Å²) in [6, 6.07) is 19.1. The van der Waals surface area contributed by atoms with E-state index in [1.807, 2.05) is 18.2 Å². The molecule has 0 amide bonds. The van der Waals surface area contributed by atoms with Crippen molar-refractivity contribution in [1.82, 2.24) is 4.90 Å². The quantitative estimate of drug-likeness (QED) is 0.628. The Morgan fingerprint density at radius 3 is 2.24 bits per heavy atom. The van der Waals surface area contributed by atoms with Crippen LogP contribution in [0.3, 0.4) is 0 Å². The molecule has 2 aromatic carbocycles. The second-order valence-electron chi connectivity index (χ2n) is 7.51. The third-order valence-electron chi connectivity index (χ3n) is 5.36. The van der Waals surface area contributed by atoms with Gasteiger partial charge in [0.1, 0.15) is 0 Å². The molecule has 1 fully saturated rings. The van der Waals surface area contributed by atoms with Gasteiger partial charge in [-0.25, -0.2) is 0 Å². The fraction of sp³-hybridized carbons (Fsp3) is 0.435. The zero-order valence-electron chi connectivity index (χ0n) is 15.4. The number of Topliss-reactive ketones (excluding diaryl/α,β-unsaturated/α-hetero) is 1. The van der Waals surface area contributed by atoms with E-state index >= 15 is 0 Å². The first-order valence-corrected chi connectivity index (χ1v) is 9.54. The molecule has 0 heterocycles. The number of hydrogen-bond donors (Lipinski definition) is 0. The van der Waals surface area contributed by atoms with Gasteiger partial charge in [-0.2, -0.15) is 0 Å². The van der Waals surface area contributed by atoms with Gasteiger partial charge >= 0.3 is 0 Å². The summed E-state index contributed by atoms with van der Waals surface area (Å²) in [7, 11) is 0. The topological polar surface area (TPSA) is 20.3 Å². The van der Waals surface area contributed by atoms with E-state index in [4.69, 9.17) is 0 Å². The monoisotopic (exact) mass is 335 g/mol. The Kier molecular flexibility index (Phi) is 6.04. The van der Waals surface area contributed by atoms with E-state index in [2.05, 4.69) is 55.1 Å². The van der Waals surface area contributed by atoms with Crippen LogP contribution in [0.1, 0.15) is 66.9 Å². The zero-order valence-corrected chi connectivity index (χ0v) is 15.4. The van der Waals surface area contributed by atoms with Crippen molar-refractivity contribution in [3.63, 3.8) is 0 Å². The van der Waals surface area contributed by atoms with Gasteiger partial charge in [-0.3, -0.25) is 9.69 Å². The Hall–Kier alpha value is -1.93. The zero-order chi connectivity index (χ0) is 17.6. The predicted octanol–water partition coefficient (Wildman–Crippen LogP) is 5.44. The number of rotatable bonds is 7. The molecule has 2 nitrogen and oxygen atoms in total. The van der Waals surface area contributed by atoms with Gasteiger partial charge in [-0.05, 0) is 43.7 Å². The first-order chi connectivity index (χ1) is 12.1. The lowest BCUT2D eigenvalue weighted by molar-refractivity contribution is 0.0898. The van der Waals surface area contributed by atoms with Crippen molar-refractivity contribution in [2.24, 2.45) is 0 Å². The van der Waals surface area contributed by atoms with Crippen LogP contribution in [0.5, 0.6) is 0 Å². The highest BCUT2D eigenvalue weighted by Crippen LogP contribution is 2.34. The Labute approximate surface area is 151 Å². The predicted molar refractivity (Wildman–Crippen MR) is 104 cm³/mol. The highest BCUT2D eigenvalue weighted by molar-refractivity contribution is 5.97. The summed E-state index contributed by atoms with van der Waals surface area (Å²) in [4.78, 5) is 15.0. The molecule has 0 aromatic heterocycles. The minimum Gasteiger partial charge on any atom is -0.293 e. The fourth-order valence-corrected chi connectivity index (χ4v) is 3.72. The van der Waals surface area contributed by atoms with Crippen LogP contribution in [-0.4, -0.2) is 23.3 Å². The lowest BCUT2D eigenvalue weighted by Crippen LogP contribution is -2.35. The molecule has 0 bridgehead atoms. The maximum atomic E-state index is 12.7. The minimum atomic E-state index is 0.211. The van der Waals surface area contributed by atoms with Gasteiger partial charge in [-0.1, -0.05) is 67.4 Å². The number of carbonyl (C=O) groups is 1. The lowest BCUT2D eigenvalue weighted by atomic mass is 9.96. The molecule has 2 heteroatoms. The first-order valence-electron chi connectivity index (χ1n) is 9.54. The summed E-state index contributed by atoms with van der Waals surface area (Å²) in [5.74, 6) is 0.914. The molecule has 1 saturated carbocycles. The summed E-state index contributed by atoms with van der Waals surface area (Å²) in [6.45, 7) is 5.58. The Morgan fingerprint density at radius 2 is 1.64 bits per heavy atom. The largest absolute Gasteiger partial charge is 0.293 e. The molecular weight excluding hydrogens is 306 g/mol. The molecule has 0 atom stereocenters. The highest BCUT2D eigenvalue weighted by atomic mass is 16.1. The normalized spacial score (nSPS) is 15.2. The van der Waals surface area contributed by atoms with Crippen LogP contribution in [0.4, 0.5) is 0 Å². The molecular formula is C23H29NO. The average Bonchev–Trinajstić information content (AvgIpc) is 3.16. The van der Waals surface area contributed by atoms with Gasteiger partial charge in [0.2, 0.25) is 0 Å². The molecule has 2 aromatic rings. The summed E-state index contributed by atoms with van der Waals surface area (Å²) < 4.78 is 0. The standard InChI is InChI=1S/C23H29NO/c1-18(2)24(16-19-8-4-3-5-9-19)17-23(25)22-14-12-21(13-15-22)20-10-6-7-11-20/h3-5,8-9,12-15,18,20H,6-7,10-11,16-17H2,1-2H3. The van der Waals surface area contributed by atoms with Gasteiger partial charge < -0.3 is 0 Å². The van der Waals surface area contributed by atoms with E-state index in [0.29, 0.717) is 18.5 Å². The van der Waals surface area contributed by atoms with Crippen molar-refractivity contribution < 1.29 is 4.79 Å². The minimum absolute atomic E-state index is 0.211. The second-order valence-corrected chi connectivity index (χ2v) is 7.51. The van der Waals surface area contributed by atoms with Crippen molar-refractivity contribution in [2.45, 2.75) is 58.0 Å². The molecule has 0 radical (unpaired) electrons. The molecule has 0 aliphatic heterocycles. The SMILES string of the molecule is CC(C)N(CC(=O)c1ccc(C2CCCC2)cc1)Cc1ccccc1. The van der Waals surface area contributed by atoms with Gasteiger partial charge in [0.25, 0.3) is 0 Å². The summed E-state index contributed by atoms with van der Waals surface area (Å²) >= 11 is 0. The van der Waals surface area contributed by atoms with Crippen LogP contribution in [0.2, 0.25) is 0 Å². The van der Waals surface area contributed by atoms with E-state index in [9.17, 15) is 4.79 Å². The Bertz CT molecular complexity index is 669. The highest BCUT2D eigenvalue weighted by Gasteiger charge is 2.19. The summed E-state index contributed by atoms with van der Waals surface area (Å²) in [6.07, 6.45) is 5.28. The third-order valence-corrected chi connectivity index (χ3v) is 5.36. The maximum absolute atomic E-state index is 12.7. The molecule has 132 valence electrons. The van der Waals surface area contributed by atoms with Crippen LogP contribution in [0.15, 0.2) is 54.6 Å². The number of nitrogens with zero attached hydrogens (tertiary/aromatic N) is 1. The van der Waals surface area contributed by atoms with Crippen molar-refractivity contribution in [3.8, 4) is 0 Å². The smallest absolute Gasteiger partial charge is 0.176 e. The average molecular weight is 335 g/mol. The third kappa shape index (κ3) is 4.79. The molecule has 3 rings (SSSR count). The van der Waals surface area contributed by atoms with Gasteiger partial charge in [0.05, 0.1) is 6.54 Å². The first kappa shape index (κ1) is 17.9. The van der Waals surface area contributed by atoms with Crippen LogP contribution in [0.25, 0.3) is 0 Å². The van der Waals surface area contributed by atoms with Crippen LogP contribution >= 0.6 is 0 Å². The molecule has 25 heavy (non-hydrogen) atoms. The van der Waals surface area contributed by atoms with Crippen LogP contribution in [-0.2, 0) is 6.54 Å². The fourth-order valence-electron chi connectivity index (χ4n) is 3.72. The molecule has 0 N–H and O–H groups in total.